The molecule has 0 bridgehead atoms. The van der Waals surface area contributed by atoms with Crippen molar-refractivity contribution in [1.82, 2.24) is 9.66 Å². The van der Waals surface area contributed by atoms with Gasteiger partial charge < -0.3 is 9.72 Å². The number of ether oxygens (including phenoxy) is 1. The molecule has 8 heteroatoms. The normalized spacial score (nSPS) is 11.3. The molecule has 0 aliphatic rings. The average molecular weight is 467 g/mol. The first kappa shape index (κ1) is 17.6. The molecule has 2 aromatic carbocycles. The Balaban J connectivity index is 2.05. The van der Waals surface area contributed by atoms with Gasteiger partial charge in [-0.1, -0.05) is 12.1 Å². The fourth-order valence-electron chi connectivity index (χ4n) is 2.32. The van der Waals surface area contributed by atoms with E-state index in [0.717, 1.165) is 13.6 Å². The van der Waals surface area contributed by atoms with Gasteiger partial charge >= 0.3 is 5.69 Å². The molecule has 0 aliphatic heterocycles. The number of fused-ring (bicyclic) bond motifs is 1. The van der Waals surface area contributed by atoms with E-state index in [1.54, 1.807) is 36.4 Å². The van der Waals surface area contributed by atoms with Crippen molar-refractivity contribution in [3.05, 3.63) is 71.7 Å². The Hall–Kier alpha value is -2.19. The van der Waals surface area contributed by atoms with Gasteiger partial charge in [0.05, 0.1) is 32.7 Å². The summed E-state index contributed by atoms with van der Waals surface area (Å²) in [5.74, 6) is 0.681. The van der Waals surface area contributed by atoms with Gasteiger partial charge in [-0.2, -0.15) is 5.10 Å². The largest absolute Gasteiger partial charge is 0.492 e. The maximum atomic E-state index is 12.4. The average Bonchev–Trinajstić information content (AvgIpc) is 2.58. The third-order valence-electron chi connectivity index (χ3n) is 3.42. The van der Waals surface area contributed by atoms with E-state index in [9.17, 15) is 9.59 Å². The van der Waals surface area contributed by atoms with Crippen LogP contribution < -0.4 is 16.0 Å². The van der Waals surface area contributed by atoms with E-state index in [1.807, 2.05) is 6.92 Å². The summed E-state index contributed by atoms with van der Waals surface area (Å²) >= 11 is 6.87. The molecule has 0 unspecified atom stereocenters. The molecule has 0 saturated carbocycles. The van der Waals surface area contributed by atoms with Crippen LogP contribution in [-0.2, 0) is 0 Å². The third-order valence-corrected chi connectivity index (χ3v) is 4.59. The van der Waals surface area contributed by atoms with Gasteiger partial charge in [0, 0.05) is 0 Å². The summed E-state index contributed by atoms with van der Waals surface area (Å²) in [5.41, 5.74) is 0.112. The number of rotatable bonds is 4. The number of nitrogens with zero attached hydrogens (tertiary/aromatic N) is 2. The summed E-state index contributed by atoms with van der Waals surface area (Å²) < 4.78 is 7.81. The molecule has 0 radical (unpaired) electrons. The van der Waals surface area contributed by atoms with Gasteiger partial charge in [0.15, 0.2) is 0 Å². The zero-order valence-electron chi connectivity index (χ0n) is 13.1. The minimum atomic E-state index is -0.594. The summed E-state index contributed by atoms with van der Waals surface area (Å²) in [7, 11) is 0. The summed E-state index contributed by atoms with van der Waals surface area (Å²) in [5, 5.41) is 4.43. The van der Waals surface area contributed by atoms with Crippen molar-refractivity contribution in [2.24, 2.45) is 5.10 Å². The van der Waals surface area contributed by atoms with E-state index in [0.29, 0.717) is 28.8 Å². The highest BCUT2D eigenvalue weighted by atomic mass is 79.9. The zero-order chi connectivity index (χ0) is 18.0. The van der Waals surface area contributed by atoms with Gasteiger partial charge in [0.2, 0.25) is 0 Å². The van der Waals surface area contributed by atoms with Gasteiger partial charge in [0.1, 0.15) is 5.75 Å². The second kappa shape index (κ2) is 7.37. The topological polar surface area (TPSA) is 76.5 Å². The fourth-order valence-corrected chi connectivity index (χ4v) is 3.77. The predicted molar refractivity (Wildman–Crippen MR) is 105 cm³/mol. The molecule has 128 valence electrons. The number of benzene rings is 2. The summed E-state index contributed by atoms with van der Waals surface area (Å²) in [6, 6.07) is 10.4. The van der Waals surface area contributed by atoms with Crippen molar-refractivity contribution in [2.75, 3.05) is 6.61 Å². The molecular formula is C17H13Br2N3O3. The van der Waals surface area contributed by atoms with Crippen LogP contribution >= 0.6 is 31.9 Å². The fraction of sp³-hybridized carbons (Fsp3) is 0.118. The highest BCUT2D eigenvalue weighted by Gasteiger charge is 2.09. The van der Waals surface area contributed by atoms with E-state index >= 15 is 0 Å². The van der Waals surface area contributed by atoms with E-state index < -0.39 is 11.2 Å². The van der Waals surface area contributed by atoms with Crippen LogP contribution in [0.1, 0.15) is 12.5 Å². The van der Waals surface area contributed by atoms with Crippen LogP contribution in [0.25, 0.3) is 10.9 Å². The van der Waals surface area contributed by atoms with Crippen molar-refractivity contribution >= 4 is 49.0 Å². The molecule has 0 spiro atoms. The maximum absolute atomic E-state index is 12.4. The quantitative estimate of drug-likeness (QED) is 0.598. The van der Waals surface area contributed by atoms with Gasteiger partial charge in [-0.05, 0) is 68.6 Å². The smallest absolute Gasteiger partial charge is 0.349 e. The molecular weight excluding hydrogens is 454 g/mol. The van der Waals surface area contributed by atoms with E-state index in [4.69, 9.17) is 4.74 Å². The SMILES string of the molecule is CCOc1c(Br)cc(C=Nn2c(=O)[nH]c3ccccc3c2=O)cc1Br. The molecule has 0 amide bonds. The standard InChI is InChI=1S/C17H13Br2N3O3/c1-2-25-15-12(18)7-10(8-13(15)19)9-20-22-16(23)11-5-3-4-6-14(11)21-17(22)24/h3-9H,2H2,1H3,(H,21,24). The van der Waals surface area contributed by atoms with Gasteiger partial charge in [-0.15, -0.1) is 4.68 Å². The number of hydrogen-bond acceptors (Lipinski definition) is 4. The van der Waals surface area contributed by atoms with Gasteiger partial charge in [-0.25, -0.2) is 4.79 Å². The predicted octanol–water partition coefficient (Wildman–Crippen LogP) is 3.50. The molecule has 0 atom stereocenters. The molecule has 0 aliphatic carbocycles. The summed E-state index contributed by atoms with van der Waals surface area (Å²) in [6.07, 6.45) is 1.44. The Morgan fingerprint density at radius 2 is 1.88 bits per heavy atom. The monoisotopic (exact) mass is 465 g/mol. The van der Waals surface area contributed by atoms with Crippen molar-refractivity contribution < 1.29 is 4.74 Å². The molecule has 1 aromatic heterocycles. The van der Waals surface area contributed by atoms with Crippen molar-refractivity contribution in [1.29, 1.82) is 0 Å². The highest BCUT2D eigenvalue weighted by Crippen LogP contribution is 2.34. The zero-order valence-corrected chi connectivity index (χ0v) is 16.3. The molecule has 0 fully saturated rings. The van der Waals surface area contributed by atoms with Crippen LogP contribution in [0.3, 0.4) is 0 Å². The van der Waals surface area contributed by atoms with E-state index in [1.165, 1.54) is 6.21 Å². The number of halogens is 2. The number of para-hydroxylation sites is 1. The lowest BCUT2D eigenvalue weighted by Gasteiger charge is -2.09. The maximum Gasteiger partial charge on any atom is 0.349 e. The number of aromatic nitrogens is 2. The second-order valence-corrected chi connectivity index (χ2v) is 6.79. The lowest BCUT2D eigenvalue weighted by Crippen LogP contribution is -2.32. The first-order valence-corrected chi connectivity index (χ1v) is 9.00. The molecule has 1 N–H and O–H groups in total. The van der Waals surface area contributed by atoms with Crippen molar-refractivity contribution in [3.8, 4) is 5.75 Å². The van der Waals surface area contributed by atoms with Gasteiger partial charge in [0.25, 0.3) is 5.56 Å². The molecule has 6 nitrogen and oxygen atoms in total. The van der Waals surface area contributed by atoms with Crippen LogP contribution in [0.15, 0.2) is 60.0 Å². The van der Waals surface area contributed by atoms with Crippen LogP contribution in [-0.4, -0.2) is 22.5 Å². The van der Waals surface area contributed by atoms with Crippen LogP contribution in [0.5, 0.6) is 5.75 Å². The van der Waals surface area contributed by atoms with Crippen molar-refractivity contribution in [3.63, 3.8) is 0 Å². The highest BCUT2D eigenvalue weighted by molar-refractivity contribution is 9.11. The van der Waals surface area contributed by atoms with Crippen molar-refractivity contribution in [2.45, 2.75) is 6.92 Å². The molecule has 0 saturated heterocycles. The Bertz CT molecular complexity index is 1060. The second-order valence-electron chi connectivity index (χ2n) is 5.08. The number of hydrogen-bond donors (Lipinski definition) is 1. The van der Waals surface area contributed by atoms with E-state index in [2.05, 4.69) is 41.9 Å². The molecule has 3 rings (SSSR count). The number of H-pyrrole nitrogens is 1. The first-order valence-electron chi connectivity index (χ1n) is 7.41. The Morgan fingerprint density at radius 3 is 2.56 bits per heavy atom. The Kier molecular flexibility index (Phi) is 5.19. The number of aromatic amines is 1. The van der Waals surface area contributed by atoms with Gasteiger partial charge in [-0.3, -0.25) is 4.79 Å². The summed E-state index contributed by atoms with van der Waals surface area (Å²) in [6.45, 7) is 2.43. The summed E-state index contributed by atoms with van der Waals surface area (Å²) in [4.78, 5) is 27.2. The Labute approximate surface area is 159 Å². The Morgan fingerprint density at radius 1 is 1.20 bits per heavy atom. The first-order chi connectivity index (χ1) is 12.0. The third kappa shape index (κ3) is 3.59. The van der Waals surface area contributed by atoms with Crippen LogP contribution in [0.4, 0.5) is 0 Å². The minimum absolute atomic E-state index is 0.397. The molecule has 1 heterocycles. The molecule has 3 aromatic rings. The lowest BCUT2D eigenvalue weighted by atomic mass is 10.2. The van der Waals surface area contributed by atoms with Crippen LogP contribution in [0.2, 0.25) is 0 Å². The molecule has 25 heavy (non-hydrogen) atoms. The number of nitrogens with one attached hydrogen (secondary N) is 1. The van der Waals surface area contributed by atoms with E-state index in [-0.39, 0.29) is 0 Å². The minimum Gasteiger partial charge on any atom is -0.492 e. The van der Waals surface area contributed by atoms with Crippen LogP contribution in [0, 0.1) is 0 Å². The lowest BCUT2D eigenvalue weighted by molar-refractivity contribution is 0.336.